The lowest BCUT2D eigenvalue weighted by Crippen LogP contribution is -2.08. The maximum absolute atomic E-state index is 11.0. The number of ether oxygens (including phenoxy) is 1. The minimum Gasteiger partial charge on any atom is -0.465 e. The maximum atomic E-state index is 11.0. The molecule has 11 heavy (non-hydrogen) atoms. The van der Waals surface area contributed by atoms with E-state index in [4.69, 9.17) is 11.2 Å². The van der Waals surface area contributed by atoms with Crippen molar-refractivity contribution in [2.24, 2.45) is 11.8 Å². The van der Waals surface area contributed by atoms with Crippen LogP contribution in [-0.4, -0.2) is 12.6 Å². The van der Waals surface area contributed by atoms with Crippen molar-refractivity contribution in [2.45, 2.75) is 19.8 Å². The number of carbonyl (C=O) groups is 1. The summed E-state index contributed by atoms with van der Waals surface area (Å²) in [5.74, 6) is 2.59. The Morgan fingerprint density at radius 3 is 3.00 bits per heavy atom. The summed E-state index contributed by atoms with van der Waals surface area (Å²) in [6, 6.07) is 0. The van der Waals surface area contributed by atoms with E-state index in [-0.39, 0.29) is 17.8 Å². The molecule has 2 nitrogen and oxygen atoms in total. The smallest absolute Gasteiger partial charge is 0.310 e. The van der Waals surface area contributed by atoms with Crippen LogP contribution in [0.4, 0.5) is 0 Å². The first-order valence-electron chi connectivity index (χ1n) is 3.92. The minimum absolute atomic E-state index is 0.00606. The van der Waals surface area contributed by atoms with Crippen molar-refractivity contribution in [3.8, 4) is 12.3 Å². The molecule has 1 saturated carbocycles. The Bertz CT molecular complexity index is 190. The average molecular weight is 152 g/mol. The van der Waals surface area contributed by atoms with Gasteiger partial charge in [-0.05, 0) is 12.8 Å². The van der Waals surface area contributed by atoms with Crippen molar-refractivity contribution in [3.05, 3.63) is 0 Å². The van der Waals surface area contributed by atoms with E-state index in [9.17, 15) is 4.79 Å². The highest BCUT2D eigenvalue weighted by Gasteiger charge is 2.42. The molecule has 1 fully saturated rings. The monoisotopic (exact) mass is 152 g/mol. The SMILES string of the molecule is C#CC1CC1C(=O)OCCC. The van der Waals surface area contributed by atoms with Gasteiger partial charge < -0.3 is 4.74 Å². The van der Waals surface area contributed by atoms with E-state index in [0.29, 0.717) is 6.61 Å². The second kappa shape index (κ2) is 3.43. The zero-order chi connectivity index (χ0) is 8.27. The molecule has 0 amide bonds. The van der Waals surface area contributed by atoms with Crippen molar-refractivity contribution < 1.29 is 9.53 Å². The largest absolute Gasteiger partial charge is 0.465 e. The molecule has 0 bridgehead atoms. The molecule has 0 saturated heterocycles. The molecule has 1 aliphatic rings. The topological polar surface area (TPSA) is 26.3 Å². The highest BCUT2D eigenvalue weighted by Crippen LogP contribution is 2.38. The van der Waals surface area contributed by atoms with Crippen LogP contribution in [0.5, 0.6) is 0 Å². The number of carbonyl (C=O) groups excluding carboxylic acids is 1. The third kappa shape index (κ3) is 1.98. The summed E-state index contributed by atoms with van der Waals surface area (Å²) in [6.07, 6.45) is 6.83. The number of terminal acetylenes is 1. The number of hydrogen-bond donors (Lipinski definition) is 0. The lowest BCUT2D eigenvalue weighted by molar-refractivity contribution is -0.145. The van der Waals surface area contributed by atoms with E-state index in [0.717, 1.165) is 12.8 Å². The molecule has 0 heterocycles. The van der Waals surface area contributed by atoms with Gasteiger partial charge >= 0.3 is 5.97 Å². The Hall–Kier alpha value is -0.970. The van der Waals surface area contributed by atoms with Gasteiger partial charge in [-0.3, -0.25) is 4.79 Å². The molecule has 0 N–H and O–H groups in total. The second-order valence-electron chi connectivity index (χ2n) is 2.78. The number of rotatable bonds is 3. The Morgan fingerprint density at radius 1 is 1.82 bits per heavy atom. The number of esters is 1. The van der Waals surface area contributed by atoms with Gasteiger partial charge in [-0.15, -0.1) is 12.3 Å². The summed E-state index contributed by atoms with van der Waals surface area (Å²) < 4.78 is 4.91. The predicted octanol–water partition coefficient (Wildman–Crippen LogP) is 1.21. The van der Waals surface area contributed by atoms with Crippen molar-refractivity contribution in [3.63, 3.8) is 0 Å². The Labute approximate surface area is 66.9 Å². The molecule has 1 aliphatic carbocycles. The lowest BCUT2D eigenvalue weighted by Gasteiger charge is -1.99. The van der Waals surface area contributed by atoms with Crippen LogP contribution in [-0.2, 0) is 9.53 Å². The van der Waals surface area contributed by atoms with Crippen molar-refractivity contribution in [1.82, 2.24) is 0 Å². The van der Waals surface area contributed by atoms with Crippen LogP contribution < -0.4 is 0 Å². The Morgan fingerprint density at radius 2 is 2.55 bits per heavy atom. The molecule has 0 aromatic rings. The van der Waals surface area contributed by atoms with E-state index in [1.165, 1.54) is 0 Å². The van der Waals surface area contributed by atoms with E-state index < -0.39 is 0 Å². The molecule has 0 aliphatic heterocycles. The highest BCUT2D eigenvalue weighted by atomic mass is 16.5. The summed E-state index contributed by atoms with van der Waals surface area (Å²) in [6.45, 7) is 2.49. The van der Waals surface area contributed by atoms with Crippen LogP contribution in [0.25, 0.3) is 0 Å². The van der Waals surface area contributed by atoms with E-state index in [1.807, 2.05) is 6.92 Å². The summed E-state index contributed by atoms with van der Waals surface area (Å²) in [5, 5.41) is 0. The molecular formula is C9H12O2. The fourth-order valence-electron chi connectivity index (χ4n) is 0.949. The third-order valence-corrected chi connectivity index (χ3v) is 1.76. The normalized spacial score (nSPS) is 27.3. The van der Waals surface area contributed by atoms with Gasteiger partial charge in [-0.1, -0.05) is 6.92 Å². The summed E-state index contributed by atoms with van der Waals surface area (Å²) in [4.78, 5) is 11.0. The van der Waals surface area contributed by atoms with Gasteiger partial charge in [-0.2, -0.15) is 0 Å². The molecule has 0 aromatic heterocycles. The van der Waals surface area contributed by atoms with E-state index in [2.05, 4.69) is 5.92 Å². The van der Waals surface area contributed by atoms with Gasteiger partial charge in [0.05, 0.1) is 12.5 Å². The van der Waals surface area contributed by atoms with Gasteiger partial charge in [0, 0.05) is 5.92 Å². The average Bonchev–Trinajstić information content (AvgIpc) is 2.78. The second-order valence-corrected chi connectivity index (χ2v) is 2.78. The van der Waals surface area contributed by atoms with Gasteiger partial charge in [-0.25, -0.2) is 0 Å². The minimum atomic E-state index is -0.116. The van der Waals surface area contributed by atoms with Crippen LogP contribution in [0.15, 0.2) is 0 Å². The van der Waals surface area contributed by atoms with E-state index >= 15 is 0 Å². The van der Waals surface area contributed by atoms with Crippen LogP contribution >= 0.6 is 0 Å². The lowest BCUT2D eigenvalue weighted by atomic mass is 10.3. The Balaban J connectivity index is 2.19. The summed E-state index contributed by atoms with van der Waals surface area (Å²) in [7, 11) is 0. The fraction of sp³-hybridized carbons (Fsp3) is 0.667. The fourth-order valence-corrected chi connectivity index (χ4v) is 0.949. The van der Waals surface area contributed by atoms with Crippen molar-refractivity contribution >= 4 is 5.97 Å². The highest BCUT2D eigenvalue weighted by molar-refractivity contribution is 5.76. The molecule has 1 rings (SSSR count). The first-order valence-corrected chi connectivity index (χ1v) is 3.92. The quantitative estimate of drug-likeness (QED) is 0.449. The Kier molecular flexibility index (Phi) is 2.53. The molecule has 2 heteroatoms. The third-order valence-electron chi connectivity index (χ3n) is 1.76. The van der Waals surface area contributed by atoms with Crippen molar-refractivity contribution in [1.29, 1.82) is 0 Å². The van der Waals surface area contributed by atoms with Gasteiger partial charge in [0.15, 0.2) is 0 Å². The first kappa shape index (κ1) is 8.13. The predicted molar refractivity (Wildman–Crippen MR) is 41.7 cm³/mol. The van der Waals surface area contributed by atoms with Crippen LogP contribution in [0.1, 0.15) is 19.8 Å². The molecule has 0 aromatic carbocycles. The zero-order valence-electron chi connectivity index (χ0n) is 6.67. The van der Waals surface area contributed by atoms with Gasteiger partial charge in [0.25, 0.3) is 0 Å². The molecule has 0 radical (unpaired) electrons. The van der Waals surface area contributed by atoms with Crippen LogP contribution in [0.3, 0.4) is 0 Å². The summed E-state index contributed by atoms with van der Waals surface area (Å²) >= 11 is 0. The van der Waals surface area contributed by atoms with Crippen LogP contribution in [0.2, 0.25) is 0 Å². The number of hydrogen-bond acceptors (Lipinski definition) is 2. The molecular weight excluding hydrogens is 140 g/mol. The zero-order valence-corrected chi connectivity index (χ0v) is 6.67. The van der Waals surface area contributed by atoms with Gasteiger partial charge in [0.2, 0.25) is 0 Å². The maximum Gasteiger partial charge on any atom is 0.310 e. The molecule has 2 unspecified atom stereocenters. The molecule has 2 atom stereocenters. The summed E-state index contributed by atoms with van der Waals surface area (Å²) in [5.41, 5.74) is 0. The standard InChI is InChI=1S/C9H12O2/c1-3-5-11-9(10)8-6-7(8)4-2/h2,7-8H,3,5-6H2,1H3. The van der Waals surface area contributed by atoms with Gasteiger partial charge in [0.1, 0.15) is 0 Å². The van der Waals surface area contributed by atoms with E-state index in [1.54, 1.807) is 0 Å². The van der Waals surface area contributed by atoms with Crippen molar-refractivity contribution in [2.75, 3.05) is 6.61 Å². The first-order chi connectivity index (χ1) is 5.29. The molecule has 0 spiro atoms. The molecule has 60 valence electrons. The van der Waals surface area contributed by atoms with Crippen LogP contribution in [0, 0.1) is 24.2 Å².